The van der Waals surface area contributed by atoms with Crippen molar-refractivity contribution in [1.29, 1.82) is 0 Å². The van der Waals surface area contributed by atoms with Crippen molar-refractivity contribution in [1.82, 2.24) is 0 Å². The Morgan fingerprint density at radius 1 is 0.875 bits per heavy atom. The molecule has 0 saturated carbocycles. The first-order valence-corrected chi connectivity index (χ1v) is 11.8. The maximum atomic E-state index is 13.0. The van der Waals surface area contributed by atoms with Crippen LogP contribution in [0.2, 0.25) is 5.02 Å². The molecule has 32 heavy (non-hydrogen) atoms. The van der Waals surface area contributed by atoms with Crippen LogP contribution in [0.3, 0.4) is 0 Å². The van der Waals surface area contributed by atoms with Crippen LogP contribution in [0, 0.1) is 0 Å². The molecule has 0 aliphatic carbocycles. The molecule has 0 spiro atoms. The molecule has 0 aliphatic rings. The zero-order valence-corrected chi connectivity index (χ0v) is 19.6. The summed E-state index contributed by atoms with van der Waals surface area (Å²) < 4.78 is 4.44. The van der Waals surface area contributed by atoms with Crippen LogP contribution >= 0.6 is 35.1 Å². The second-order valence-corrected chi connectivity index (χ2v) is 9.16. The Kier molecular flexibility index (Phi) is 9.22. The molecule has 0 saturated heterocycles. The molecule has 0 radical (unpaired) electrons. The Balaban J connectivity index is 1.67. The molecule has 0 fully saturated rings. The first-order chi connectivity index (χ1) is 15.5. The van der Waals surface area contributed by atoms with Gasteiger partial charge in [-0.25, -0.2) is 4.79 Å². The number of carbonyl (C=O) groups excluding carboxylic acids is 2. The Morgan fingerprint density at radius 2 is 1.50 bits per heavy atom. The largest absolute Gasteiger partial charge is 0.534 e. The third-order valence-corrected chi connectivity index (χ3v) is 6.46. The number of oxime groups is 1. The highest BCUT2D eigenvalue weighted by molar-refractivity contribution is 7.99. The standard InChI is InChI=1S/C24H20ClNO4S2/c1-29-24(28)30-26-22(15-16-31-19-13-9-18(25)10-14-19)23(27)17-7-11-21(12-8-17)32-20-5-3-2-4-6-20/h2-14H,15-16H2,1H3. The van der Waals surface area contributed by atoms with Crippen molar-refractivity contribution in [3.63, 3.8) is 0 Å². The van der Waals surface area contributed by atoms with E-state index in [1.807, 2.05) is 54.6 Å². The zero-order valence-electron chi connectivity index (χ0n) is 17.2. The van der Waals surface area contributed by atoms with E-state index in [0.717, 1.165) is 14.7 Å². The molecular formula is C24H20ClNO4S2. The second kappa shape index (κ2) is 12.3. The van der Waals surface area contributed by atoms with Crippen molar-refractivity contribution >= 4 is 52.8 Å². The van der Waals surface area contributed by atoms with Crippen molar-refractivity contribution in [3.8, 4) is 0 Å². The molecule has 3 rings (SSSR count). The lowest BCUT2D eigenvalue weighted by atomic mass is 10.1. The quantitative estimate of drug-likeness (QED) is 0.0812. The van der Waals surface area contributed by atoms with Gasteiger partial charge in [-0.15, -0.1) is 11.8 Å². The average Bonchev–Trinajstić information content (AvgIpc) is 2.83. The summed E-state index contributed by atoms with van der Waals surface area (Å²) in [7, 11) is 1.18. The number of ether oxygens (including phenoxy) is 1. The Bertz CT molecular complexity index is 1070. The van der Waals surface area contributed by atoms with Gasteiger partial charge in [0.1, 0.15) is 5.71 Å². The maximum absolute atomic E-state index is 13.0. The third-order valence-electron chi connectivity index (χ3n) is 4.18. The van der Waals surface area contributed by atoms with E-state index in [4.69, 9.17) is 16.4 Å². The van der Waals surface area contributed by atoms with E-state index in [1.165, 1.54) is 7.11 Å². The lowest BCUT2D eigenvalue weighted by Crippen LogP contribution is -2.17. The van der Waals surface area contributed by atoms with Crippen LogP contribution in [0.25, 0.3) is 0 Å². The summed E-state index contributed by atoms with van der Waals surface area (Å²) in [6, 6.07) is 24.6. The molecule has 0 heterocycles. The highest BCUT2D eigenvalue weighted by Gasteiger charge is 2.17. The number of thioether (sulfide) groups is 1. The van der Waals surface area contributed by atoms with E-state index in [9.17, 15) is 9.59 Å². The van der Waals surface area contributed by atoms with E-state index < -0.39 is 6.16 Å². The maximum Gasteiger partial charge on any atom is 0.534 e. The van der Waals surface area contributed by atoms with Gasteiger partial charge < -0.3 is 4.74 Å². The van der Waals surface area contributed by atoms with Gasteiger partial charge in [0, 0.05) is 37.4 Å². The second-order valence-electron chi connectivity index (χ2n) is 6.40. The van der Waals surface area contributed by atoms with Crippen LogP contribution in [0.15, 0.2) is 98.7 Å². The number of carbonyl (C=O) groups is 2. The van der Waals surface area contributed by atoms with Crippen LogP contribution in [0.1, 0.15) is 16.8 Å². The number of halogens is 1. The van der Waals surface area contributed by atoms with Crippen molar-refractivity contribution < 1.29 is 19.2 Å². The summed E-state index contributed by atoms with van der Waals surface area (Å²) in [5, 5.41) is 4.42. The lowest BCUT2D eigenvalue weighted by Gasteiger charge is -2.07. The lowest BCUT2D eigenvalue weighted by molar-refractivity contribution is 0.0747. The van der Waals surface area contributed by atoms with Crippen LogP contribution in [-0.4, -0.2) is 30.5 Å². The van der Waals surface area contributed by atoms with Gasteiger partial charge in [-0.2, -0.15) is 0 Å². The molecule has 0 N–H and O–H groups in total. The molecule has 0 amide bonds. The minimum absolute atomic E-state index is 0.139. The highest BCUT2D eigenvalue weighted by Crippen LogP contribution is 2.27. The molecule has 164 valence electrons. The molecule has 8 heteroatoms. The third kappa shape index (κ3) is 7.44. The number of hydrogen-bond donors (Lipinski definition) is 0. The first kappa shape index (κ1) is 23.9. The SMILES string of the molecule is COC(=O)ON=C(CCSc1ccc(Cl)cc1)C(=O)c1ccc(Sc2ccccc2)cc1. The normalized spacial score (nSPS) is 11.1. The molecule has 3 aromatic carbocycles. The summed E-state index contributed by atoms with van der Waals surface area (Å²) in [6.07, 6.45) is -0.667. The number of ketones is 1. The Labute approximate surface area is 200 Å². The highest BCUT2D eigenvalue weighted by atomic mass is 35.5. The van der Waals surface area contributed by atoms with Gasteiger partial charge in [0.15, 0.2) is 0 Å². The van der Waals surface area contributed by atoms with Crippen LogP contribution in [0.5, 0.6) is 0 Å². The summed E-state index contributed by atoms with van der Waals surface area (Å²) >= 11 is 9.06. The fourth-order valence-corrected chi connectivity index (χ4v) is 4.42. The smallest absolute Gasteiger partial charge is 0.436 e. The van der Waals surface area contributed by atoms with E-state index >= 15 is 0 Å². The van der Waals surface area contributed by atoms with E-state index in [-0.39, 0.29) is 11.5 Å². The summed E-state index contributed by atoms with van der Waals surface area (Å²) in [5.74, 6) is 0.264. The predicted molar refractivity (Wildman–Crippen MR) is 129 cm³/mol. The number of rotatable bonds is 9. The minimum atomic E-state index is -0.977. The topological polar surface area (TPSA) is 65.0 Å². The fourth-order valence-electron chi connectivity index (χ4n) is 2.59. The molecule has 3 aromatic rings. The van der Waals surface area contributed by atoms with Crippen molar-refractivity contribution in [2.24, 2.45) is 5.16 Å². The van der Waals surface area contributed by atoms with Gasteiger partial charge in [-0.05, 0) is 60.7 Å². The summed E-state index contributed by atoms with van der Waals surface area (Å²) in [4.78, 5) is 32.2. The van der Waals surface area contributed by atoms with Gasteiger partial charge in [0.25, 0.3) is 0 Å². The Hall–Kier alpha value is -2.74. The minimum Gasteiger partial charge on any atom is -0.436 e. The van der Waals surface area contributed by atoms with Crippen LogP contribution in [0.4, 0.5) is 4.79 Å². The number of benzene rings is 3. The summed E-state index contributed by atoms with van der Waals surface area (Å²) in [5.41, 5.74) is 0.603. The van der Waals surface area contributed by atoms with Crippen molar-refractivity contribution in [2.75, 3.05) is 12.9 Å². The van der Waals surface area contributed by atoms with E-state index in [0.29, 0.717) is 22.8 Å². The predicted octanol–water partition coefficient (Wildman–Crippen LogP) is 7.00. The molecule has 0 atom stereocenters. The van der Waals surface area contributed by atoms with Gasteiger partial charge in [-0.1, -0.05) is 46.7 Å². The number of Topliss-reactive ketones (excluding diaryl/α,β-unsaturated/α-hetero) is 1. The number of methoxy groups -OCH3 is 1. The van der Waals surface area contributed by atoms with Gasteiger partial charge in [-0.3, -0.25) is 9.63 Å². The van der Waals surface area contributed by atoms with Crippen molar-refractivity contribution in [3.05, 3.63) is 89.4 Å². The van der Waals surface area contributed by atoms with E-state index in [1.54, 1.807) is 47.8 Å². The van der Waals surface area contributed by atoms with E-state index in [2.05, 4.69) is 9.89 Å². The van der Waals surface area contributed by atoms with Gasteiger partial charge >= 0.3 is 6.16 Å². The first-order valence-electron chi connectivity index (χ1n) is 9.63. The number of hydrogen-bond acceptors (Lipinski definition) is 7. The molecule has 5 nitrogen and oxygen atoms in total. The zero-order chi connectivity index (χ0) is 22.8. The van der Waals surface area contributed by atoms with Crippen LogP contribution in [-0.2, 0) is 9.57 Å². The summed E-state index contributed by atoms with van der Waals surface area (Å²) in [6.45, 7) is 0. The number of nitrogens with zero attached hydrogens (tertiary/aromatic N) is 1. The average molecular weight is 486 g/mol. The van der Waals surface area contributed by atoms with Gasteiger partial charge in [0.05, 0.1) is 7.11 Å². The van der Waals surface area contributed by atoms with Crippen molar-refractivity contribution in [2.45, 2.75) is 21.1 Å². The fraction of sp³-hybridized carbons (Fsp3) is 0.125. The molecule has 0 aliphatic heterocycles. The molecule has 0 unspecified atom stereocenters. The molecule has 0 bridgehead atoms. The van der Waals surface area contributed by atoms with Crippen LogP contribution < -0.4 is 0 Å². The monoisotopic (exact) mass is 485 g/mol. The molecule has 0 aromatic heterocycles. The molecular weight excluding hydrogens is 466 g/mol. The van der Waals surface area contributed by atoms with Gasteiger partial charge in [0.2, 0.25) is 5.78 Å². The Morgan fingerprint density at radius 3 is 2.16 bits per heavy atom.